The highest BCUT2D eigenvalue weighted by Crippen LogP contribution is 2.27. The van der Waals surface area contributed by atoms with Crippen LogP contribution in [0.1, 0.15) is 21.1 Å². The van der Waals surface area contributed by atoms with Crippen LogP contribution in [-0.2, 0) is 16.1 Å². The lowest BCUT2D eigenvalue weighted by Crippen LogP contribution is -3.14. The molecule has 0 aromatic carbocycles. The number of nitrogens with zero attached hydrogens (tertiary/aromatic N) is 1. The summed E-state index contributed by atoms with van der Waals surface area (Å²) in [7, 11) is 1.31. The number of aromatic amines is 1. The number of amides is 1. The van der Waals surface area contributed by atoms with Crippen LogP contribution in [0.3, 0.4) is 0 Å². The smallest absolute Gasteiger partial charge is 0.348 e. The van der Waals surface area contributed by atoms with Crippen LogP contribution in [0.25, 0.3) is 10.2 Å². The maximum absolute atomic E-state index is 12.3. The van der Waals surface area contributed by atoms with Crippen molar-refractivity contribution in [2.45, 2.75) is 13.5 Å². The second kappa shape index (κ2) is 6.09. The highest BCUT2D eigenvalue weighted by atomic mass is 32.1. The van der Waals surface area contributed by atoms with Gasteiger partial charge in [-0.1, -0.05) is 0 Å². The van der Waals surface area contributed by atoms with Crippen LogP contribution >= 0.6 is 11.3 Å². The average molecular weight is 337 g/mol. The van der Waals surface area contributed by atoms with E-state index in [1.807, 2.05) is 0 Å². The molecule has 1 aliphatic rings. The average Bonchev–Trinajstić information content (AvgIpc) is 2.84. The molecule has 1 fully saturated rings. The van der Waals surface area contributed by atoms with Crippen LogP contribution in [0, 0.1) is 6.92 Å². The van der Waals surface area contributed by atoms with Crippen LogP contribution in [-0.4, -0.2) is 48.6 Å². The molecule has 9 heteroatoms. The first kappa shape index (κ1) is 15.6. The number of aromatic nitrogens is 2. The van der Waals surface area contributed by atoms with Crippen LogP contribution in [0.4, 0.5) is 0 Å². The lowest BCUT2D eigenvalue weighted by atomic mass is 10.2. The van der Waals surface area contributed by atoms with E-state index in [4.69, 9.17) is 4.74 Å². The number of thiophene rings is 1. The number of aryl methyl sites for hydroxylation is 1. The van der Waals surface area contributed by atoms with Crippen LogP contribution in [0.15, 0.2) is 4.79 Å². The fourth-order valence-corrected chi connectivity index (χ4v) is 3.82. The minimum atomic E-state index is -0.468. The molecule has 23 heavy (non-hydrogen) atoms. The fourth-order valence-electron chi connectivity index (χ4n) is 2.70. The molecule has 0 saturated carbocycles. The Hall–Kier alpha value is -2.26. The number of fused-ring (bicyclic) bond motifs is 1. The predicted molar refractivity (Wildman–Crippen MR) is 83.7 cm³/mol. The molecule has 0 bridgehead atoms. The molecule has 1 unspecified atom stereocenters. The van der Waals surface area contributed by atoms with Gasteiger partial charge >= 0.3 is 5.97 Å². The Morgan fingerprint density at radius 1 is 1.43 bits per heavy atom. The highest BCUT2D eigenvalue weighted by molar-refractivity contribution is 7.20. The van der Waals surface area contributed by atoms with E-state index in [9.17, 15) is 14.4 Å². The number of hydrogen-bond donors (Lipinski definition) is 3. The molecule has 1 amide bonds. The van der Waals surface area contributed by atoms with Crippen LogP contribution < -0.4 is 15.8 Å². The molecule has 1 aliphatic heterocycles. The van der Waals surface area contributed by atoms with E-state index in [1.165, 1.54) is 7.11 Å². The molecule has 1 atom stereocenters. The van der Waals surface area contributed by atoms with E-state index in [0.29, 0.717) is 46.1 Å². The molecule has 3 heterocycles. The van der Waals surface area contributed by atoms with Gasteiger partial charge in [0.05, 0.1) is 25.6 Å². The van der Waals surface area contributed by atoms with Crippen LogP contribution in [0.5, 0.6) is 0 Å². The number of quaternary nitrogens is 1. The number of methoxy groups -OCH3 is 1. The Labute approximate surface area is 135 Å². The second-order valence-corrected chi connectivity index (χ2v) is 6.44. The zero-order chi connectivity index (χ0) is 16.6. The van der Waals surface area contributed by atoms with Gasteiger partial charge in [-0.2, -0.15) is 0 Å². The van der Waals surface area contributed by atoms with Crippen molar-refractivity contribution >= 4 is 33.4 Å². The van der Waals surface area contributed by atoms with Gasteiger partial charge < -0.3 is 19.9 Å². The summed E-state index contributed by atoms with van der Waals surface area (Å²) in [5.74, 6) is 0.0456. The van der Waals surface area contributed by atoms with Gasteiger partial charge in [0, 0.05) is 0 Å². The van der Waals surface area contributed by atoms with Gasteiger partial charge in [-0.3, -0.25) is 9.59 Å². The normalized spacial score (nSPS) is 18.0. The highest BCUT2D eigenvalue weighted by Gasteiger charge is 2.23. The Kier molecular flexibility index (Phi) is 4.14. The topological polar surface area (TPSA) is 106 Å². The number of piperazine rings is 1. The fraction of sp³-hybridized carbons (Fsp3) is 0.429. The summed E-state index contributed by atoms with van der Waals surface area (Å²) in [6, 6.07) is 0. The number of hydrogen-bond acceptors (Lipinski definition) is 6. The molecule has 0 spiro atoms. The van der Waals surface area contributed by atoms with E-state index >= 15 is 0 Å². The lowest BCUT2D eigenvalue weighted by Gasteiger charge is -2.22. The van der Waals surface area contributed by atoms with Gasteiger partial charge in [0.25, 0.3) is 11.5 Å². The second-order valence-electron chi connectivity index (χ2n) is 5.44. The molecule has 1 saturated heterocycles. The van der Waals surface area contributed by atoms with Gasteiger partial charge in [-0.15, -0.1) is 11.3 Å². The largest absolute Gasteiger partial charge is 0.465 e. The molecule has 2 aromatic heterocycles. The summed E-state index contributed by atoms with van der Waals surface area (Å²) in [6.07, 6.45) is 0. The quantitative estimate of drug-likeness (QED) is 0.597. The van der Waals surface area contributed by atoms with E-state index < -0.39 is 5.97 Å². The number of carbonyl (C=O) groups is 2. The maximum Gasteiger partial charge on any atom is 0.348 e. The van der Waals surface area contributed by atoms with Crippen molar-refractivity contribution in [1.29, 1.82) is 0 Å². The number of rotatable bonds is 3. The van der Waals surface area contributed by atoms with Crippen molar-refractivity contribution in [1.82, 2.24) is 15.3 Å². The molecule has 0 aliphatic carbocycles. The van der Waals surface area contributed by atoms with Crippen molar-refractivity contribution in [2.75, 3.05) is 26.7 Å². The number of nitrogens with one attached hydrogen (secondary N) is 3. The minimum Gasteiger partial charge on any atom is -0.465 e. The molecular weight excluding hydrogens is 320 g/mol. The van der Waals surface area contributed by atoms with Gasteiger partial charge in [0.2, 0.25) is 0 Å². The molecule has 8 nitrogen and oxygen atoms in total. The molecule has 122 valence electrons. The van der Waals surface area contributed by atoms with Gasteiger partial charge in [-0.05, 0) is 12.5 Å². The zero-order valence-electron chi connectivity index (χ0n) is 12.8. The Morgan fingerprint density at radius 2 is 2.22 bits per heavy atom. The summed E-state index contributed by atoms with van der Waals surface area (Å²) in [5, 5.41) is 3.19. The van der Waals surface area contributed by atoms with E-state index in [-0.39, 0.29) is 11.5 Å². The van der Waals surface area contributed by atoms with Crippen molar-refractivity contribution in [3.8, 4) is 0 Å². The molecule has 0 radical (unpaired) electrons. The number of H-pyrrole nitrogens is 1. The molecular formula is C14H17N4O4S+. The minimum absolute atomic E-state index is 0.00498. The Balaban J connectivity index is 1.96. The van der Waals surface area contributed by atoms with Gasteiger partial charge in [-0.25, -0.2) is 9.78 Å². The molecule has 3 N–H and O–H groups in total. The third-order valence-electron chi connectivity index (χ3n) is 3.85. The monoisotopic (exact) mass is 337 g/mol. The van der Waals surface area contributed by atoms with E-state index in [2.05, 4.69) is 15.3 Å². The lowest BCUT2D eigenvalue weighted by molar-refractivity contribution is -0.907. The predicted octanol–water partition coefficient (Wildman–Crippen LogP) is -1.41. The van der Waals surface area contributed by atoms with Crippen molar-refractivity contribution in [3.05, 3.63) is 26.6 Å². The first-order valence-electron chi connectivity index (χ1n) is 7.20. The standard InChI is InChI=1S/C14H16N4O4S/c1-7-10-12(20)16-8(5-18-4-3-15-9(19)6-18)17-13(10)23-11(7)14(21)22-2/h3-6H2,1-2H3,(H,15,19)(H,16,17,20)/p+1. The van der Waals surface area contributed by atoms with E-state index in [1.54, 1.807) is 6.92 Å². The maximum atomic E-state index is 12.3. The first-order valence-corrected chi connectivity index (χ1v) is 8.02. The summed E-state index contributed by atoms with van der Waals surface area (Å²) >= 11 is 1.15. The van der Waals surface area contributed by atoms with Crippen molar-refractivity contribution in [3.63, 3.8) is 0 Å². The zero-order valence-corrected chi connectivity index (χ0v) is 13.6. The number of carbonyl (C=O) groups excluding carboxylic acids is 2. The van der Waals surface area contributed by atoms with Crippen molar-refractivity contribution in [2.24, 2.45) is 0 Å². The number of ether oxygens (including phenoxy) is 1. The van der Waals surface area contributed by atoms with Crippen molar-refractivity contribution < 1.29 is 19.2 Å². The third-order valence-corrected chi connectivity index (χ3v) is 5.01. The molecule has 3 rings (SSSR count). The third kappa shape index (κ3) is 2.97. The van der Waals surface area contributed by atoms with Gasteiger partial charge in [0.15, 0.2) is 12.4 Å². The Morgan fingerprint density at radius 3 is 2.91 bits per heavy atom. The first-order chi connectivity index (χ1) is 11.0. The molecule has 2 aromatic rings. The Bertz CT molecular complexity index is 841. The van der Waals surface area contributed by atoms with Gasteiger partial charge in [0.1, 0.15) is 16.3 Å². The SMILES string of the molecule is COC(=O)c1sc2nc(C[NH+]3CCNC(=O)C3)[nH]c(=O)c2c1C. The summed E-state index contributed by atoms with van der Waals surface area (Å²) in [5.41, 5.74) is 0.316. The van der Waals surface area contributed by atoms with Crippen LogP contribution in [0.2, 0.25) is 0 Å². The summed E-state index contributed by atoms with van der Waals surface area (Å²) in [6.45, 7) is 3.93. The van der Waals surface area contributed by atoms with E-state index in [0.717, 1.165) is 22.8 Å². The summed E-state index contributed by atoms with van der Waals surface area (Å²) in [4.78, 5) is 44.7. The number of esters is 1. The summed E-state index contributed by atoms with van der Waals surface area (Å²) < 4.78 is 4.73.